The lowest BCUT2D eigenvalue weighted by Gasteiger charge is -2.33. The Morgan fingerprint density at radius 2 is 2.31 bits per heavy atom. The summed E-state index contributed by atoms with van der Waals surface area (Å²) in [5, 5.41) is 9.86. The molecule has 5 heteroatoms. The summed E-state index contributed by atoms with van der Waals surface area (Å²) in [5.41, 5.74) is 0.630. The van der Waals surface area contributed by atoms with Crippen LogP contribution in [0, 0.1) is 6.92 Å². The predicted octanol–water partition coefficient (Wildman–Crippen LogP) is 2.53. The maximum Gasteiger partial charge on any atom is 0.347 e. The van der Waals surface area contributed by atoms with Crippen molar-refractivity contribution >= 4 is 22.4 Å². The van der Waals surface area contributed by atoms with Crippen LogP contribution in [0.3, 0.4) is 0 Å². The minimum Gasteiger partial charge on any atom is -0.477 e. The third-order valence-electron chi connectivity index (χ3n) is 3.03. The predicted molar refractivity (Wildman–Crippen MR) is 64.5 cm³/mol. The number of carboxylic acids is 1. The number of carbonyl (C=O) groups is 1. The van der Waals surface area contributed by atoms with Crippen molar-refractivity contribution in [1.82, 2.24) is 4.98 Å². The Kier molecular flexibility index (Phi) is 3.14. The molecule has 1 aromatic heterocycles. The number of hydrogen-bond donors (Lipinski definition) is 1. The second-order valence-electron chi connectivity index (χ2n) is 4.25. The van der Waals surface area contributed by atoms with E-state index in [1.165, 1.54) is 30.6 Å². The number of aromatic carboxylic acids is 1. The molecule has 1 atom stereocenters. The van der Waals surface area contributed by atoms with Gasteiger partial charge in [-0.05, 0) is 33.1 Å². The van der Waals surface area contributed by atoms with Crippen LogP contribution in [0.2, 0.25) is 0 Å². The highest BCUT2D eigenvalue weighted by Gasteiger charge is 2.23. The van der Waals surface area contributed by atoms with Crippen LogP contribution >= 0.6 is 11.3 Å². The van der Waals surface area contributed by atoms with Gasteiger partial charge in [-0.3, -0.25) is 0 Å². The molecular formula is C11H16N2O2S. The van der Waals surface area contributed by atoms with Crippen molar-refractivity contribution in [1.29, 1.82) is 0 Å². The number of carboxylic acid groups (broad SMARTS) is 1. The fraction of sp³-hybridized carbons (Fsp3) is 0.636. The van der Waals surface area contributed by atoms with Crippen molar-refractivity contribution in [2.45, 2.75) is 39.2 Å². The molecule has 16 heavy (non-hydrogen) atoms. The Morgan fingerprint density at radius 3 is 2.88 bits per heavy atom. The molecule has 1 fully saturated rings. The van der Waals surface area contributed by atoms with E-state index in [0.29, 0.717) is 16.6 Å². The summed E-state index contributed by atoms with van der Waals surface area (Å²) in [7, 11) is 0. The molecule has 1 saturated heterocycles. The van der Waals surface area contributed by atoms with Crippen molar-refractivity contribution in [2.24, 2.45) is 0 Å². The number of hydrogen-bond acceptors (Lipinski definition) is 4. The Hall–Kier alpha value is -1.10. The zero-order valence-corrected chi connectivity index (χ0v) is 10.4. The highest BCUT2D eigenvalue weighted by Crippen LogP contribution is 2.30. The maximum absolute atomic E-state index is 11.0. The number of piperidine rings is 1. The topological polar surface area (TPSA) is 53.4 Å². The van der Waals surface area contributed by atoms with E-state index in [9.17, 15) is 4.79 Å². The molecule has 1 unspecified atom stereocenters. The van der Waals surface area contributed by atoms with E-state index in [0.717, 1.165) is 11.7 Å². The number of rotatable bonds is 2. The van der Waals surface area contributed by atoms with Crippen LogP contribution in [0.4, 0.5) is 5.13 Å². The molecule has 4 nitrogen and oxygen atoms in total. The highest BCUT2D eigenvalue weighted by molar-refractivity contribution is 7.17. The molecule has 1 aliphatic heterocycles. The van der Waals surface area contributed by atoms with Gasteiger partial charge in [0.15, 0.2) is 5.13 Å². The first-order valence-electron chi connectivity index (χ1n) is 5.57. The molecule has 1 N–H and O–H groups in total. The second kappa shape index (κ2) is 4.41. The number of nitrogens with zero attached hydrogens (tertiary/aromatic N) is 2. The lowest BCUT2D eigenvalue weighted by Crippen LogP contribution is -2.37. The molecule has 0 spiro atoms. The van der Waals surface area contributed by atoms with Crippen molar-refractivity contribution in [2.75, 3.05) is 11.4 Å². The van der Waals surface area contributed by atoms with E-state index in [-0.39, 0.29) is 0 Å². The van der Waals surface area contributed by atoms with Crippen LogP contribution in [0.5, 0.6) is 0 Å². The van der Waals surface area contributed by atoms with Crippen LogP contribution in [0.15, 0.2) is 0 Å². The van der Waals surface area contributed by atoms with Gasteiger partial charge >= 0.3 is 5.97 Å². The molecule has 0 radical (unpaired) electrons. The van der Waals surface area contributed by atoms with Gasteiger partial charge in [0.25, 0.3) is 0 Å². The Bertz CT molecular complexity index is 403. The minimum atomic E-state index is -0.870. The molecule has 0 saturated carbocycles. The molecule has 1 aromatic rings. The minimum absolute atomic E-state index is 0.368. The van der Waals surface area contributed by atoms with E-state index in [4.69, 9.17) is 5.11 Å². The van der Waals surface area contributed by atoms with Gasteiger partial charge in [0.05, 0.1) is 5.69 Å². The number of aromatic nitrogens is 1. The number of aryl methyl sites for hydroxylation is 1. The first-order chi connectivity index (χ1) is 7.59. The van der Waals surface area contributed by atoms with Gasteiger partial charge in [-0.1, -0.05) is 11.3 Å². The zero-order valence-electron chi connectivity index (χ0n) is 9.56. The average molecular weight is 240 g/mol. The highest BCUT2D eigenvalue weighted by atomic mass is 32.1. The van der Waals surface area contributed by atoms with Gasteiger partial charge in [-0.25, -0.2) is 9.78 Å². The van der Waals surface area contributed by atoms with Gasteiger partial charge in [-0.15, -0.1) is 0 Å². The monoisotopic (exact) mass is 240 g/mol. The lowest BCUT2D eigenvalue weighted by molar-refractivity contribution is 0.0701. The van der Waals surface area contributed by atoms with Gasteiger partial charge in [0, 0.05) is 12.6 Å². The van der Waals surface area contributed by atoms with E-state index in [1.807, 2.05) is 0 Å². The van der Waals surface area contributed by atoms with Crippen LogP contribution in [0.25, 0.3) is 0 Å². The summed E-state index contributed by atoms with van der Waals surface area (Å²) in [4.78, 5) is 17.9. The Balaban J connectivity index is 2.26. The Morgan fingerprint density at radius 1 is 1.56 bits per heavy atom. The SMILES string of the molecule is Cc1nc(N2CCCCC2C)sc1C(=O)O. The van der Waals surface area contributed by atoms with Gasteiger partial charge in [-0.2, -0.15) is 0 Å². The fourth-order valence-electron chi connectivity index (χ4n) is 2.09. The summed E-state index contributed by atoms with van der Waals surface area (Å²) in [6.45, 7) is 4.93. The first kappa shape index (κ1) is 11.4. The smallest absolute Gasteiger partial charge is 0.347 e. The van der Waals surface area contributed by atoms with Crippen LogP contribution in [0.1, 0.15) is 41.6 Å². The lowest BCUT2D eigenvalue weighted by atomic mass is 10.1. The summed E-state index contributed by atoms with van der Waals surface area (Å²) in [6.07, 6.45) is 3.60. The fourth-order valence-corrected chi connectivity index (χ4v) is 3.12. The molecule has 2 rings (SSSR count). The summed E-state index contributed by atoms with van der Waals surface area (Å²) in [5.74, 6) is -0.870. The molecule has 2 heterocycles. The first-order valence-corrected chi connectivity index (χ1v) is 6.38. The van der Waals surface area contributed by atoms with E-state index < -0.39 is 5.97 Å². The third-order valence-corrected chi connectivity index (χ3v) is 4.21. The van der Waals surface area contributed by atoms with Crippen molar-refractivity contribution in [3.63, 3.8) is 0 Å². The molecule has 88 valence electrons. The summed E-state index contributed by atoms with van der Waals surface area (Å²) in [6, 6.07) is 0.473. The van der Waals surface area contributed by atoms with E-state index in [2.05, 4.69) is 16.8 Å². The molecule has 0 aromatic carbocycles. The van der Waals surface area contributed by atoms with Crippen LogP contribution < -0.4 is 4.90 Å². The molecule has 0 amide bonds. The zero-order chi connectivity index (χ0) is 11.7. The molecular weight excluding hydrogens is 224 g/mol. The largest absolute Gasteiger partial charge is 0.477 e. The summed E-state index contributed by atoms with van der Waals surface area (Å²) >= 11 is 1.29. The standard InChI is InChI=1S/C11H16N2O2S/c1-7-5-3-4-6-13(7)11-12-8(2)9(16-11)10(14)15/h7H,3-6H2,1-2H3,(H,14,15). The van der Waals surface area contributed by atoms with Crippen molar-refractivity contribution < 1.29 is 9.90 Å². The van der Waals surface area contributed by atoms with E-state index in [1.54, 1.807) is 6.92 Å². The van der Waals surface area contributed by atoms with Gasteiger partial charge in [0.2, 0.25) is 0 Å². The third kappa shape index (κ3) is 2.04. The summed E-state index contributed by atoms with van der Waals surface area (Å²) < 4.78 is 0. The quantitative estimate of drug-likeness (QED) is 0.863. The van der Waals surface area contributed by atoms with Gasteiger partial charge < -0.3 is 10.0 Å². The molecule has 0 bridgehead atoms. The van der Waals surface area contributed by atoms with Crippen LogP contribution in [-0.4, -0.2) is 28.6 Å². The normalized spacial score (nSPS) is 21.1. The maximum atomic E-state index is 11.0. The Labute approximate surface area is 98.9 Å². The van der Waals surface area contributed by atoms with Crippen molar-refractivity contribution in [3.8, 4) is 0 Å². The van der Waals surface area contributed by atoms with Crippen LogP contribution in [-0.2, 0) is 0 Å². The number of anilines is 1. The van der Waals surface area contributed by atoms with Crippen molar-refractivity contribution in [3.05, 3.63) is 10.6 Å². The molecule has 1 aliphatic rings. The van der Waals surface area contributed by atoms with Gasteiger partial charge in [0.1, 0.15) is 4.88 Å². The number of thiazole rings is 1. The average Bonchev–Trinajstić information content (AvgIpc) is 2.61. The second-order valence-corrected chi connectivity index (χ2v) is 5.23. The molecule has 0 aliphatic carbocycles. The van der Waals surface area contributed by atoms with E-state index >= 15 is 0 Å².